The van der Waals surface area contributed by atoms with E-state index in [1.807, 2.05) is 6.92 Å². The lowest BCUT2D eigenvalue weighted by molar-refractivity contribution is -0.135. The summed E-state index contributed by atoms with van der Waals surface area (Å²) in [6.07, 6.45) is 7.01. The van der Waals surface area contributed by atoms with Crippen LogP contribution in [-0.2, 0) is 9.59 Å². The summed E-state index contributed by atoms with van der Waals surface area (Å²) in [5.74, 6) is -0.506. The maximum atomic E-state index is 12.5. The van der Waals surface area contributed by atoms with Gasteiger partial charge in [-0.15, -0.1) is 0 Å². The lowest BCUT2D eigenvalue weighted by Gasteiger charge is -2.26. The van der Waals surface area contributed by atoms with E-state index >= 15 is 0 Å². The number of nitrogens with zero attached hydrogens (tertiary/aromatic N) is 1. The van der Waals surface area contributed by atoms with Crippen LogP contribution in [0.25, 0.3) is 0 Å². The van der Waals surface area contributed by atoms with Crippen LogP contribution in [-0.4, -0.2) is 35.7 Å². The summed E-state index contributed by atoms with van der Waals surface area (Å²) in [5, 5.41) is 2.77. The van der Waals surface area contributed by atoms with Gasteiger partial charge in [0.1, 0.15) is 0 Å². The Morgan fingerprint density at radius 1 is 1.20 bits per heavy atom. The van der Waals surface area contributed by atoms with Crippen molar-refractivity contribution in [2.45, 2.75) is 32.6 Å². The minimum Gasteiger partial charge on any atom is -0.366 e. The van der Waals surface area contributed by atoms with E-state index in [1.165, 1.54) is 0 Å². The molecule has 2 rings (SSSR count). The maximum Gasteiger partial charge on any atom is 0.248 e. The molecule has 1 aliphatic rings. The average Bonchev–Trinajstić information content (AvgIpc) is 2.63. The molecule has 1 aromatic carbocycles. The van der Waals surface area contributed by atoms with Gasteiger partial charge in [-0.05, 0) is 50.5 Å². The smallest absolute Gasteiger partial charge is 0.248 e. The predicted octanol–water partition coefficient (Wildman–Crippen LogP) is 2.32. The molecule has 25 heavy (non-hydrogen) atoms. The molecule has 0 spiro atoms. The molecule has 0 fully saturated rings. The number of amides is 3. The Morgan fingerprint density at radius 2 is 1.92 bits per heavy atom. The van der Waals surface area contributed by atoms with Crippen molar-refractivity contribution in [3.05, 3.63) is 42.0 Å². The monoisotopic (exact) mass is 343 g/mol. The number of allylic oxidation sites excluding steroid dienone is 2. The highest BCUT2D eigenvalue weighted by molar-refractivity contribution is 5.95. The largest absolute Gasteiger partial charge is 0.366 e. The minimum absolute atomic E-state index is 0.0364. The standard InChI is InChI=1S/C19H25N3O3/c1-2-22(19(25)15-6-4-3-5-7-15)13-12-17(23)21-16-10-8-14(9-11-16)18(20)24/h3-4,8-11,15H,2,5-7,12-13H2,1H3,(H2,20,24)(H,21,23)/t15-/m1/s1. The Balaban J connectivity index is 1.83. The number of nitrogens with one attached hydrogen (secondary N) is 1. The summed E-state index contributed by atoms with van der Waals surface area (Å²) in [4.78, 5) is 37.4. The van der Waals surface area contributed by atoms with E-state index in [4.69, 9.17) is 5.73 Å². The number of nitrogens with two attached hydrogens (primary N) is 1. The van der Waals surface area contributed by atoms with Crippen LogP contribution in [0.5, 0.6) is 0 Å². The molecular weight excluding hydrogens is 318 g/mol. The fourth-order valence-corrected chi connectivity index (χ4v) is 2.88. The van der Waals surface area contributed by atoms with E-state index in [0.29, 0.717) is 24.3 Å². The number of anilines is 1. The molecule has 0 saturated carbocycles. The van der Waals surface area contributed by atoms with E-state index < -0.39 is 5.91 Å². The second-order valence-electron chi connectivity index (χ2n) is 6.14. The quantitative estimate of drug-likeness (QED) is 0.744. The van der Waals surface area contributed by atoms with Crippen molar-refractivity contribution in [2.75, 3.05) is 18.4 Å². The van der Waals surface area contributed by atoms with Gasteiger partial charge in [-0.1, -0.05) is 12.2 Å². The molecule has 6 nitrogen and oxygen atoms in total. The predicted molar refractivity (Wildman–Crippen MR) is 96.9 cm³/mol. The first-order valence-electron chi connectivity index (χ1n) is 8.64. The van der Waals surface area contributed by atoms with Crippen LogP contribution in [0.4, 0.5) is 5.69 Å². The van der Waals surface area contributed by atoms with Gasteiger partial charge in [0.25, 0.3) is 0 Å². The number of carbonyl (C=O) groups excluding carboxylic acids is 3. The van der Waals surface area contributed by atoms with E-state index in [0.717, 1.165) is 19.3 Å². The van der Waals surface area contributed by atoms with Crippen molar-refractivity contribution in [1.29, 1.82) is 0 Å². The summed E-state index contributed by atoms with van der Waals surface area (Å²) in [6.45, 7) is 2.93. The summed E-state index contributed by atoms with van der Waals surface area (Å²) in [7, 11) is 0. The number of carbonyl (C=O) groups is 3. The van der Waals surface area contributed by atoms with Crippen LogP contribution < -0.4 is 11.1 Å². The van der Waals surface area contributed by atoms with Crippen molar-refractivity contribution in [2.24, 2.45) is 11.7 Å². The van der Waals surface area contributed by atoms with Gasteiger partial charge in [0.2, 0.25) is 17.7 Å². The Morgan fingerprint density at radius 3 is 2.48 bits per heavy atom. The van der Waals surface area contributed by atoms with Crippen LogP contribution in [0.1, 0.15) is 43.0 Å². The Hall–Kier alpha value is -2.63. The van der Waals surface area contributed by atoms with Crippen LogP contribution >= 0.6 is 0 Å². The van der Waals surface area contributed by atoms with E-state index in [9.17, 15) is 14.4 Å². The van der Waals surface area contributed by atoms with Crippen LogP contribution in [0, 0.1) is 5.92 Å². The lowest BCUT2D eigenvalue weighted by atomic mass is 9.93. The average molecular weight is 343 g/mol. The Labute approximate surface area is 148 Å². The number of hydrogen-bond donors (Lipinski definition) is 2. The zero-order valence-electron chi connectivity index (χ0n) is 14.5. The summed E-state index contributed by atoms with van der Waals surface area (Å²) < 4.78 is 0. The third-order valence-corrected chi connectivity index (χ3v) is 4.37. The molecule has 134 valence electrons. The zero-order chi connectivity index (χ0) is 18.2. The topological polar surface area (TPSA) is 92.5 Å². The van der Waals surface area contributed by atoms with Gasteiger partial charge in [0.05, 0.1) is 0 Å². The first-order chi connectivity index (χ1) is 12.0. The fourth-order valence-electron chi connectivity index (χ4n) is 2.88. The first kappa shape index (κ1) is 18.7. The number of hydrogen-bond acceptors (Lipinski definition) is 3. The molecule has 0 unspecified atom stereocenters. The van der Waals surface area contributed by atoms with Gasteiger partial charge in [-0.25, -0.2) is 0 Å². The van der Waals surface area contributed by atoms with Crippen molar-refractivity contribution in [1.82, 2.24) is 4.90 Å². The van der Waals surface area contributed by atoms with Crippen molar-refractivity contribution < 1.29 is 14.4 Å². The normalized spacial score (nSPS) is 16.3. The summed E-state index contributed by atoms with van der Waals surface area (Å²) in [5.41, 5.74) is 6.17. The number of benzene rings is 1. The first-order valence-corrected chi connectivity index (χ1v) is 8.64. The van der Waals surface area contributed by atoms with Gasteiger partial charge in [0, 0.05) is 36.7 Å². The molecule has 0 saturated heterocycles. The van der Waals surface area contributed by atoms with Gasteiger partial charge >= 0.3 is 0 Å². The molecule has 0 radical (unpaired) electrons. The molecule has 1 atom stereocenters. The SMILES string of the molecule is CCN(CCC(=O)Nc1ccc(C(N)=O)cc1)C(=O)[C@@H]1CC=CCC1. The van der Waals surface area contributed by atoms with Crippen molar-refractivity contribution in [3.63, 3.8) is 0 Å². The van der Waals surface area contributed by atoms with E-state index in [2.05, 4.69) is 17.5 Å². The van der Waals surface area contributed by atoms with Gasteiger partial charge in [0.15, 0.2) is 0 Å². The summed E-state index contributed by atoms with van der Waals surface area (Å²) in [6, 6.07) is 6.40. The summed E-state index contributed by atoms with van der Waals surface area (Å²) >= 11 is 0. The maximum absolute atomic E-state index is 12.5. The minimum atomic E-state index is -0.507. The van der Waals surface area contributed by atoms with Crippen molar-refractivity contribution in [3.8, 4) is 0 Å². The molecule has 1 aliphatic carbocycles. The highest BCUT2D eigenvalue weighted by atomic mass is 16.2. The molecule has 3 amide bonds. The lowest BCUT2D eigenvalue weighted by Crippen LogP contribution is -2.38. The zero-order valence-corrected chi connectivity index (χ0v) is 14.5. The second-order valence-corrected chi connectivity index (χ2v) is 6.14. The molecule has 0 aromatic heterocycles. The van der Waals surface area contributed by atoms with Crippen molar-refractivity contribution >= 4 is 23.4 Å². The number of primary amides is 1. The van der Waals surface area contributed by atoms with Gasteiger partial charge < -0.3 is 16.0 Å². The molecule has 1 aromatic rings. The highest BCUT2D eigenvalue weighted by Gasteiger charge is 2.23. The molecule has 0 aliphatic heterocycles. The number of rotatable bonds is 7. The molecule has 6 heteroatoms. The molecule has 0 bridgehead atoms. The fraction of sp³-hybridized carbons (Fsp3) is 0.421. The van der Waals surface area contributed by atoms with Gasteiger partial charge in [-0.2, -0.15) is 0 Å². The highest BCUT2D eigenvalue weighted by Crippen LogP contribution is 2.20. The van der Waals surface area contributed by atoms with Crippen LogP contribution in [0.2, 0.25) is 0 Å². The van der Waals surface area contributed by atoms with E-state index in [1.54, 1.807) is 29.2 Å². The molecule has 0 heterocycles. The second kappa shape index (κ2) is 9.01. The molecular formula is C19H25N3O3. The van der Waals surface area contributed by atoms with Gasteiger partial charge in [-0.3, -0.25) is 14.4 Å². The third-order valence-electron chi connectivity index (χ3n) is 4.37. The van der Waals surface area contributed by atoms with Crippen LogP contribution in [0.3, 0.4) is 0 Å². The Kier molecular flexibility index (Phi) is 6.74. The third kappa shape index (κ3) is 5.45. The van der Waals surface area contributed by atoms with Crippen LogP contribution in [0.15, 0.2) is 36.4 Å². The Bertz CT molecular complexity index is 652. The van der Waals surface area contributed by atoms with E-state index in [-0.39, 0.29) is 24.2 Å². The molecule has 3 N–H and O–H groups in total.